The lowest BCUT2D eigenvalue weighted by atomic mass is 10.2. The maximum atomic E-state index is 13.1. The number of nitrogens with one attached hydrogen (secondary N) is 1. The monoisotopic (exact) mass is 450 g/mol. The fraction of sp³-hybridized carbons (Fsp3) is 0.280. The number of thiophene rings is 1. The van der Waals surface area contributed by atoms with E-state index in [1.54, 1.807) is 41.5 Å². The summed E-state index contributed by atoms with van der Waals surface area (Å²) < 4.78 is 11.2. The Hall–Kier alpha value is -3.32. The van der Waals surface area contributed by atoms with Crippen LogP contribution in [0.5, 0.6) is 11.5 Å². The van der Waals surface area contributed by atoms with Gasteiger partial charge in [0.25, 0.3) is 5.91 Å². The molecule has 0 atom stereocenters. The summed E-state index contributed by atoms with van der Waals surface area (Å²) in [5.74, 6) is 1.33. The molecule has 166 valence electrons. The van der Waals surface area contributed by atoms with E-state index in [0.717, 1.165) is 29.0 Å². The average molecular weight is 451 g/mol. The summed E-state index contributed by atoms with van der Waals surface area (Å²) in [6, 6.07) is 18.8. The minimum absolute atomic E-state index is 0.0390. The molecule has 1 fully saturated rings. The van der Waals surface area contributed by atoms with Crippen molar-refractivity contribution in [2.24, 2.45) is 5.92 Å². The second-order valence-electron chi connectivity index (χ2n) is 7.72. The molecule has 32 heavy (non-hydrogen) atoms. The number of anilines is 1. The number of hydrogen-bond donors (Lipinski definition) is 1. The summed E-state index contributed by atoms with van der Waals surface area (Å²) in [5, 5.41) is 4.90. The van der Waals surface area contributed by atoms with Gasteiger partial charge in [-0.3, -0.25) is 9.59 Å². The first-order valence-electron chi connectivity index (χ1n) is 10.6. The number of hydrogen-bond acceptors (Lipinski definition) is 5. The summed E-state index contributed by atoms with van der Waals surface area (Å²) in [6.07, 6.45) is 1.89. The van der Waals surface area contributed by atoms with E-state index in [0.29, 0.717) is 24.5 Å². The van der Waals surface area contributed by atoms with Crippen molar-refractivity contribution in [2.45, 2.75) is 25.9 Å². The number of nitrogens with zero attached hydrogens (tertiary/aromatic N) is 1. The zero-order valence-corrected chi connectivity index (χ0v) is 18.8. The molecule has 0 saturated heterocycles. The van der Waals surface area contributed by atoms with Crippen molar-refractivity contribution in [3.63, 3.8) is 0 Å². The third-order valence-electron chi connectivity index (χ3n) is 5.25. The zero-order valence-electron chi connectivity index (χ0n) is 18.0. The molecular weight excluding hydrogens is 424 g/mol. The zero-order chi connectivity index (χ0) is 22.3. The number of benzene rings is 2. The second-order valence-corrected chi connectivity index (χ2v) is 8.75. The third-order valence-corrected chi connectivity index (χ3v) is 6.11. The van der Waals surface area contributed by atoms with E-state index in [1.165, 1.54) is 0 Å². The first kappa shape index (κ1) is 21.9. The number of rotatable bonds is 10. The molecule has 0 unspecified atom stereocenters. The predicted molar refractivity (Wildman–Crippen MR) is 125 cm³/mol. The van der Waals surface area contributed by atoms with E-state index < -0.39 is 0 Å². The predicted octanol–water partition coefficient (Wildman–Crippen LogP) is 4.71. The van der Waals surface area contributed by atoms with Gasteiger partial charge in [-0.2, -0.15) is 0 Å². The van der Waals surface area contributed by atoms with E-state index in [-0.39, 0.29) is 24.3 Å². The third kappa shape index (κ3) is 5.88. The van der Waals surface area contributed by atoms with Crippen molar-refractivity contribution < 1.29 is 19.1 Å². The Morgan fingerprint density at radius 1 is 1.06 bits per heavy atom. The summed E-state index contributed by atoms with van der Waals surface area (Å²) in [4.78, 5) is 28.0. The molecule has 7 heteroatoms. The average Bonchev–Trinajstić information content (AvgIpc) is 3.54. The van der Waals surface area contributed by atoms with Gasteiger partial charge >= 0.3 is 0 Å². The van der Waals surface area contributed by atoms with Crippen molar-refractivity contribution in [3.05, 3.63) is 76.5 Å². The maximum Gasteiger partial charge on any atom is 0.261 e. The number of carbonyl (C=O) groups is 2. The molecule has 4 rings (SSSR count). The normalized spacial score (nSPS) is 12.8. The van der Waals surface area contributed by atoms with Gasteiger partial charge in [-0.05, 0) is 42.5 Å². The van der Waals surface area contributed by atoms with Crippen LogP contribution in [0.1, 0.15) is 23.3 Å². The SMILES string of the molecule is COc1ccccc1CN(Cc1cccs1)C(=O)COc1cccc(NC(=O)C2CC2)c1. The highest BCUT2D eigenvalue weighted by molar-refractivity contribution is 7.09. The topological polar surface area (TPSA) is 67.9 Å². The molecule has 1 N–H and O–H groups in total. The van der Waals surface area contributed by atoms with Crippen LogP contribution < -0.4 is 14.8 Å². The van der Waals surface area contributed by atoms with Gasteiger partial charge in [0.2, 0.25) is 5.91 Å². The number of ether oxygens (including phenoxy) is 2. The Balaban J connectivity index is 1.42. The molecule has 0 bridgehead atoms. The highest BCUT2D eigenvalue weighted by atomic mass is 32.1. The van der Waals surface area contributed by atoms with Gasteiger partial charge in [-0.1, -0.05) is 30.3 Å². The Morgan fingerprint density at radius 2 is 1.91 bits per heavy atom. The minimum atomic E-state index is -0.128. The lowest BCUT2D eigenvalue weighted by Gasteiger charge is -2.23. The fourth-order valence-electron chi connectivity index (χ4n) is 3.35. The highest BCUT2D eigenvalue weighted by Crippen LogP contribution is 2.30. The Morgan fingerprint density at radius 3 is 2.66 bits per heavy atom. The van der Waals surface area contributed by atoms with Crippen molar-refractivity contribution in [3.8, 4) is 11.5 Å². The van der Waals surface area contributed by atoms with E-state index >= 15 is 0 Å². The summed E-state index contributed by atoms with van der Waals surface area (Å²) in [7, 11) is 1.63. The quantitative estimate of drug-likeness (QED) is 0.486. The van der Waals surface area contributed by atoms with Gasteiger partial charge in [-0.25, -0.2) is 0 Å². The fourth-order valence-corrected chi connectivity index (χ4v) is 4.07. The molecule has 1 aliphatic rings. The van der Waals surface area contributed by atoms with Crippen LogP contribution in [0.15, 0.2) is 66.0 Å². The molecule has 3 aromatic rings. The maximum absolute atomic E-state index is 13.1. The molecule has 0 spiro atoms. The molecule has 2 amide bonds. The Bertz CT molecular complexity index is 1060. The lowest BCUT2D eigenvalue weighted by Crippen LogP contribution is -2.34. The highest BCUT2D eigenvalue weighted by Gasteiger charge is 2.29. The van der Waals surface area contributed by atoms with Crippen molar-refractivity contribution in [2.75, 3.05) is 19.0 Å². The summed E-state index contributed by atoms with van der Waals surface area (Å²) in [6.45, 7) is 0.817. The summed E-state index contributed by atoms with van der Waals surface area (Å²) >= 11 is 1.61. The second kappa shape index (κ2) is 10.3. The number of methoxy groups -OCH3 is 1. The molecule has 6 nitrogen and oxygen atoms in total. The molecule has 1 heterocycles. The van der Waals surface area contributed by atoms with Crippen LogP contribution in [0.25, 0.3) is 0 Å². The van der Waals surface area contributed by atoms with Crippen molar-refractivity contribution in [1.29, 1.82) is 0 Å². The van der Waals surface area contributed by atoms with E-state index in [9.17, 15) is 9.59 Å². The smallest absolute Gasteiger partial charge is 0.261 e. The lowest BCUT2D eigenvalue weighted by molar-refractivity contribution is -0.134. The summed E-state index contributed by atoms with van der Waals surface area (Å²) in [5.41, 5.74) is 1.61. The van der Waals surface area contributed by atoms with E-state index in [1.807, 2.05) is 47.8 Å². The molecule has 0 radical (unpaired) electrons. The van der Waals surface area contributed by atoms with Crippen LogP contribution in [0.3, 0.4) is 0 Å². The molecule has 1 aliphatic carbocycles. The van der Waals surface area contributed by atoms with Crippen LogP contribution in [0.4, 0.5) is 5.69 Å². The molecular formula is C25H26N2O4S. The minimum Gasteiger partial charge on any atom is -0.496 e. The molecule has 2 aromatic carbocycles. The largest absolute Gasteiger partial charge is 0.496 e. The number of carbonyl (C=O) groups excluding carboxylic acids is 2. The Labute approximate surface area is 191 Å². The van der Waals surface area contributed by atoms with Crippen LogP contribution >= 0.6 is 11.3 Å². The molecule has 0 aliphatic heterocycles. The first-order chi connectivity index (χ1) is 15.6. The van der Waals surface area contributed by atoms with Crippen LogP contribution in [0, 0.1) is 5.92 Å². The van der Waals surface area contributed by atoms with Crippen LogP contribution in [-0.4, -0.2) is 30.4 Å². The Kier molecular flexibility index (Phi) is 7.07. The van der Waals surface area contributed by atoms with Crippen LogP contribution in [0.2, 0.25) is 0 Å². The van der Waals surface area contributed by atoms with Gasteiger partial charge in [0.05, 0.1) is 13.7 Å². The first-order valence-corrected chi connectivity index (χ1v) is 11.5. The van der Waals surface area contributed by atoms with Gasteiger partial charge in [0.15, 0.2) is 6.61 Å². The number of amides is 2. The van der Waals surface area contributed by atoms with Gasteiger partial charge < -0.3 is 19.7 Å². The standard InChI is InChI=1S/C25H26N2O4S/c1-30-23-10-3-2-6-19(23)15-27(16-22-9-5-13-32-22)24(28)17-31-21-8-4-7-20(14-21)26-25(29)18-11-12-18/h2-10,13-14,18H,11-12,15-17H2,1H3,(H,26,29). The van der Waals surface area contributed by atoms with Gasteiger partial charge in [0.1, 0.15) is 11.5 Å². The van der Waals surface area contributed by atoms with Crippen molar-refractivity contribution >= 4 is 28.8 Å². The van der Waals surface area contributed by atoms with Gasteiger partial charge in [0, 0.05) is 34.7 Å². The molecule has 1 saturated carbocycles. The van der Waals surface area contributed by atoms with Crippen LogP contribution in [-0.2, 0) is 22.7 Å². The molecule has 1 aromatic heterocycles. The van der Waals surface area contributed by atoms with E-state index in [2.05, 4.69) is 5.32 Å². The van der Waals surface area contributed by atoms with Gasteiger partial charge in [-0.15, -0.1) is 11.3 Å². The van der Waals surface area contributed by atoms with E-state index in [4.69, 9.17) is 9.47 Å². The van der Waals surface area contributed by atoms with Crippen molar-refractivity contribution in [1.82, 2.24) is 4.90 Å². The number of para-hydroxylation sites is 1.